The van der Waals surface area contributed by atoms with E-state index in [0.29, 0.717) is 11.6 Å². The molecule has 1 aromatic rings. The summed E-state index contributed by atoms with van der Waals surface area (Å²) in [6.45, 7) is 1.87. The summed E-state index contributed by atoms with van der Waals surface area (Å²) in [7, 11) is 0. The molecule has 4 heteroatoms. The molecule has 0 amide bonds. The average molecular weight is 179 g/mol. The smallest absolute Gasteiger partial charge is 0.127 e. The van der Waals surface area contributed by atoms with E-state index in [4.69, 9.17) is 5.26 Å². The van der Waals surface area contributed by atoms with Crippen molar-refractivity contribution in [2.45, 2.75) is 25.8 Å². The van der Waals surface area contributed by atoms with Crippen molar-refractivity contribution >= 4 is 16.5 Å². The van der Waals surface area contributed by atoms with Crippen molar-refractivity contribution < 1.29 is 0 Å². The molecule has 1 aromatic heterocycles. The molecule has 0 bridgehead atoms. The van der Waals surface area contributed by atoms with Gasteiger partial charge in [0.15, 0.2) is 0 Å². The first-order valence-electron chi connectivity index (χ1n) is 3.94. The quantitative estimate of drug-likeness (QED) is 0.754. The normalized spacial score (nSPS) is 15.7. The Labute approximate surface area is 75.2 Å². The number of anilines is 1. The van der Waals surface area contributed by atoms with E-state index in [1.54, 1.807) is 0 Å². The highest BCUT2D eigenvalue weighted by Crippen LogP contribution is 2.30. The molecule has 0 radical (unpaired) electrons. The third-order valence-electron chi connectivity index (χ3n) is 1.89. The lowest BCUT2D eigenvalue weighted by molar-refractivity contribution is 1.16. The molecule has 0 spiro atoms. The topological polar surface area (TPSA) is 48.7 Å². The van der Waals surface area contributed by atoms with Crippen LogP contribution in [0.4, 0.5) is 5.00 Å². The van der Waals surface area contributed by atoms with Crippen LogP contribution in [0.5, 0.6) is 0 Å². The Hall–Kier alpha value is -1.08. The van der Waals surface area contributed by atoms with E-state index in [2.05, 4.69) is 15.8 Å². The van der Waals surface area contributed by atoms with Gasteiger partial charge in [-0.3, -0.25) is 0 Å². The van der Waals surface area contributed by atoms with E-state index < -0.39 is 0 Å². The second kappa shape index (κ2) is 2.76. The minimum atomic E-state index is 0.594. The van der Waals surface area contributed by atoms with Crippen LogP contribution in [0.15, 0.2) is 0 Å². The van der Waals surface area contributed by atoms with Crippen LogP contribution in [0, 0.1) is 18.3 Å². The fraction of sp³-hybridized carbons (Fsp3) is 0.500. The molecule has 2 rings (SSSR count). The lowest BCUT2D eigenvalue weighted by Crippen LogP contribution is -1.99. The largest absolute Gasteiger partial charge is 0.372 e. The zero-order valence-corrected chi connectivity index (χ0v) is 7.61. The fourth-order valence-corrected chi connectivity index (χ4v) is 1.84. The van der Waals surface area contributed by atoms with Gasteiger partial charge in [0.1, 0.15) is 16.6 Å². The number of nitrogens with one attached hydrogen (secondary N) is 1. The molecule has 1 aliphatic rings. The van der Waals surface area contributed by atoms with Gasteiger partial charge in [0.25, 0.3) is 0 Å². The summed E-state index contributed by atoms with van der Waals surface area (Å²) in [5.74, 6) is 0. The molecule has 1 heterocycles. The van der Waals surface area contributed by atoms with Gasteiger partial charge in [-0.2, -0.15) is 9.64 Å². The highest BCUT2D eigenvalue weighted by molar-refractivity contribution is 7.10. The maximum Gasteiger partial charge on any atom is 0.127 e. The van der Waals surface area contributed by atoms with Crippen LogP contribution >= 0.6 is 11.5 Å². The highest BCUT2D eigenvalue weighted by Gasteiger charge is 2.23. The Kier molecular flexibility index (Phi) is 1.74. The molecular weight excluding hydrogens is 170 g/mol. The highest BCUT2D eigenvalue weighted by atomic mass is 32.1. The SMILES string of the molecule is Cc1nsc(NC2CC2)c1C#N. The van der Waals surface area contributed by atoms with Crippen molar-refractivity contribution in [2.75, 3.05) is 5.32 Å². The van der Waals surface area contributed by atoms with Gasteiger partial charge >= 0.3 is 0 Å². The van der Waals surface area contributed by atoms with Crippen molar-refractivity contribution in [3.05, 3.63) is 11.3 Å². The molecule has 62 valence electrons. The number of nitriles is 1. The second-order valence-electron chi connectivity index (χ2n) is 3.00. The molecule has 1 saturated carbocycles. The van der Waals surface area contributed by atoms with Crippen molar-refractivity contribution in [2.24, 2.45) is 0 Å². The van der Waals surface area contributed by atoms with Crippen LogP contribution in [0.1, 0.15) is 24.1 Å². The number of rotatable bonds is 2. The summed E-state index contributed by atoms with van der Waals surface area (Å²) >= 11 is 1.39. The van der Waals surface area contributed by atoms with Gasteiger partial charge < -0.3 is 5.32 Å². The van der Waals surface area contributed by atoms with Gasteiger partial charge in [-0.05, 0) is 31.3 Å². The number of hydrogen-bond donors (Lipinski definition) is 1. The molecule has 0 atom stereocenters. The van der Waals surface area contributed by atoms with Gasteiger partial charge in [0.2, 0.25) is 0 Å². The van der Waals surface area contributed by atoms with Crippen molar-refractivity contribution in [3.63, 3.8) is 0 Å². The van der Waals surface area contributed by atoms with Crippen molar-refractivity contribution in [3.8, 4) is 6.07 Å². The van der Waals surface area contributed by atoms with Gasteiger partial charge in [0.05, 0.1) is 5.69 Å². The maximum atomic E-state index is 8.80. The van der Waals surface area contributed by atoms with E-state index >= 15 is 0 Å². The van der Waals surface area contributed by atoms with E-state index in [1.165, 1.54) is 24.4 Å². The summed E-state index contributed by atoms with van der Waals surface area (Å²) in [5, 5.41) is 13.0. The fourth-order valence-electron chi connectivity index (χ4n) is 1.01. The Bertz CT molecular complexity index is 333. The molecule has 1 N–H and O–H groups in total. The average Bonchev–Trinajstić information content (AvgIpc) is 2.78. The summed E-state index contributed by atoms with van der Waals surface area (Å²) in [5.41, 5.74) is 1.55. The van der Waals surface area contributed by atoms with E-state index in [1.807, 2.05) is 6.92 Å². The van der Waals surface area contributed by atoms with Crippen LogP contribution in [-0.2, 0) is 0 Å². The zero-order chi connectivity index (χ0) is 8.55. The molecular formula is C8H9N3S. The number of aryl methyl sites for hydroxylation is 1. The first kappa shape index (κ1) is 7.56. The standard InChI is InChI=1S/C8H9N3S/c1-5-7(4-9)8(12-11-5)10-6-2-3-6/h6,10H,2-3H2,1H3. The van der Waals surface area contributed by atoms with Gasteiger partial charge in [-0.15, -0.1) is 0 Å². The second-order valence-corrected chi connectivity index (χ2v) is 3.78. The zero-order valence-electron chi connectivity index (χ0n) is 6.79. The lowest BCUT2D eigenvalue weighted by Gasteiger charge is -1.98. The summed E-state index contributed by atoms with van der Waals surface area (Å²) in [6.07, 6.45) is 2.45. The molecule has 1 aliphatic carbocycles. The molecule has 12 heavy (non-hydrogen) atoms. The van der Waals surface area contributed by atoms with E-state index in [9.17, 15) is 0 Å². The predicted octanol–water partition coefficient (Wildman–Crippen LogP) is 1.90. The monoisotopic (exact) mass is 179 g/mol. The third-order valence-corrected chi connectivity index (χ3v) is 2.76. The van der Waals surface area contributed by atoms with E-state index in [-0.39, 0.29) is 0 Å². The first-order valence-corrected chi connectivity index (χ1v) is 4.71. The first-order chi connectivity index (χ1) is 5.81. The van der Waals surface area contributed by atoms with Crippen LogP contribution in [-0.4, -0.2) is 10.4 Å². The van der Waals surface area contributed by atoms with Gasteiger partial charge in [-0.25, -0.2) is 0 Å². The lowest BCUT2D eigenvalue weighted by atomic mass is 10.3. The summed E-state index contributed by atoms with van der Waals surface area (Å²) < 4.78 is 4.12. The Morgan fingerprint density at radius 1 is 1.67 bits per heavy atom. The molecule has 0 unspecified atom stereocenters. The van der Waals surface area contributed by atoms with Crippen molar-refractivity contribution in [1.29, 1.82) is 5.26 Å². The number of hydrogen-bond acceptors (Lipinski definition) is 4. The van der Waals surface area contributed by atoms with Crippen molar-refractivity contribution in [1.82, 2.24) is 4.37 Å². The van der Waals surface area contributed by atoms with Gasteiger partial charge in [0, 0.05) is 6.04 Å². The van der Waals surface area contributed by atoms with Crippen LogP contribution < -0.4 is 5.32 Å². The summed E-state index contributed by atoms with van der Waals surface area (Å²) in [6, 6.07) is 2.76. The molecule has 0 aliphatic heterocycles. The number of nitrogens with zero attached hydrogens (tertiary/aromatic N) is 2. The third kappa shape index (κ3) is 1.28. The molecule has 0 saturated heterocycles. The van der Waals surface area contributed by atoms with Crippen LogP contribution in [0.2, 0.25) is 0 Å². The molecule has 3 nitrogen and oxygen atoms in total. The Morgan fingerprint density at radius 2 is 2.42 bits per heavy atom. The van der Waals surface area contributed by atoms with Crippen LogP contribution in [0.3, 0.4) is 0 Å². The minimum Gasteiger partial charge on any atom is -0.372 e. The molecule has 1 fully saturated rings. The minimum absolute atomic E-state index is 0.594. The summed E-state index contributed by atoms with van der Waals surface area (Å²) in [4.78, 5) is 0. The number of aromatic nitrogens is 1. The Balaban J connectivity index is 2.24. The molecule has 0 aromatic carbocycles. The Morgan fingerprint density at radius 3 is 3.00 bits per heavy atom. The predicted molar refractivity (Wildman–Crippen MR) is 48.2 cm³/mol. The van der Waals surface area contributed by atoms with E-state index in [0.717, 1.165) is 10.7 Å². The maximum absolute atomic E-state index is 8.80. The van der Waals surface area contributed by atoms with Gasteiger partial charge in [-0.1, -0.05) is 0 Å². The van der Waals surface area contributed by atoms with Crippen LogP contribution in [0.25, 0.3) is 0 Å².